The van der Waals surface area contributed by atoms with Crippen molar-refractivity contribution in [3.05, 3.63) is 77.9 Å². The summed E-state index contributed by atoms with van der Waals surface area (Å²) in [6.45, 7) is 2.67. The Bertz CT molecular complexity index is 687. The molecule has 0 aliphatic carbocycles. The molecule has 0 unspecified atom stereocenters. The molecule has 0 saturated carbocycles. The van der Waals surface area contributed by atoms with Crippen LogP contribution in [0.25, 0.3) is 6.08 Å². The van der Waals surface area contributed by atoms with Crippen LogP contribution < -0.4 is 0 Å². The molecule has 0 aliphatic rings. The standard InChI is InChI=1S/C18H14F6O/c1-2-13-8-10-14(11-9-13)12-25-16(17(19,20)21,18(22,23)24)15-6-4-3-5-7-15/h2-11H,1,12H2. The maximum atomic E-state index is 13.5. The molecule has 0 aliphatic heterocycles. The van der Waals surface area contributed by atoms with Gasteiger partial charge < -0.3 is 4.74 Å². The fraction of sp³-hybridized carbons (Fsp3) is 0.222. The van der Waals surface area contributed by atoms with E-state index >= 15 is 0 Å². The van der Waals surface area contributed by atoms with Crippen molar-refractivity contribution in [3.63, 3.8) is 0 Å². The van der Waals surface area contributed by atoms with Crippen LogP contribution in [0, 0.1) is 0 Å². The van der Waals surface area contributed by atoms with Gasteiger partial charge in [0, 0.05) is 5.56 Å². The van der Waals surface area contributed by atoms with E-state index < -0.39 is 30.1 Å². The lowest BCUT2D eigenvalue weighted by Gasteiger charge is -2.37. The molecule has 2 aromatic carbocycles. The van der Waals surface area contributed by atoms with Crippen LogP contribution in [0.1, 0.15) is 16.7 Å². The molecule has 0 N–H and O–H groups in total. The molecule has 0 atom stereocenters. The molecule has 2 aromatic rings. The highest BCUT2D eigenvalue weighted by Gasteiger charge is 2.73. The molecule has 1 nitrogen and oxygen atoms in total. The molecule has 134 valence electrons. The second kappa shape index (κ2) is 6.92. The smallest absolute Gasteiger partial charge is 0.349 e. The van der Waals surface area contributed by atoms with Gasteiger partial charge in [0.2, 0.25) is 0 Å². The molecule has 0 heterocycles. The van der Waals surface area contributed by atoms with Crippen LogP contribution in [-0.4, -0.2) is 12.4 Å². The maximum absolute atomic E-state index is 13.5. The summed E-state index contributed by atoms with van der Waals surface area (Å²) < 4.78 is 85.6. The number of hydrogen-bond donors (Lipinski definition) is 0. The summed E-state index contributed by atoms with van der Waals surface area (Å²) in [7, 11) is 0. The Labute approximate surface area is 140 Å². The first-order valence-electron chi connectivity index (χ1n) is 7.16. The predicted octanol–water partition coefficient (Wildman–Crippen LogP) is 5.87. The zero-order valence-corrected chi connectivity index (χ0v) is 12.9. The number of rotatable bonds is 5. The Hall–Kier alpha value is -2.28. The lowest BCUT2D eigenvalue weighted by atomic mass is 9.91. The number of ether oxygens (including phenoxy) is 1. The summed E-state index contributed by atoms with van der Waals surface area (Å²) in [6.07, 6.45) is -9.87. The summed E-state index contributed by atoms with van der Waals surface area (Å²) in [5.74, 6) is 0. The van der Waals surface area contributed by atoms with Crippen LogP contribution in [0.2, 0.25) is 0 Å². The van der Waals surface area contributed by atoms with Crippen LogP contribution in [0.5, 0.6) is 0 Å². The molecule has 2 rings (SSSR count). The highest BCUT2D eigenvalue weighted by Crippen LogP contribution is 2.53. The molecule has 0 amide bonds. The Kier molecular flexibility index (Phi) is 5.27. The van der Waals surface area contributed by atoms with Gasteiger partial charge in [0.25, 0.3) is 5.60 Å². The van der Waals surface area contributed by atoms with E-state index in [9.17, 15) is 26.3 Å². The normalized spacial score (nSPS) is 12.9. The first-order chi connectivity index (χ1) is 11.6. The van der Waals surface area contributed by atoms with Gasteiger partial charge in [-0.15, -0.1) is 0 Å². The molecular weight excluding hydrogens is 346 g/mol. The Morgan fingerprint density at radius 3 is 1.76 bits per heavy atom. The van der Waals surface area contributed by atoms with E-state index in [-0.39, 0.29) is 5.56 Å². The largest absolute Gasteiger partial charge is 0.430 e. The molecule has 0 bridgehead atoms. The van der Waals surface area contributed by atoms with Gasteiger partial charge in [0.05, 0.1) is 6.61 Å². The van der Waals surface area contributed by atoms with E-state index in [1.54, 1.807) is 0 Å². The van der Waals surface area contributed by atoms with Crippen LogP contribution in [0.15, 0.2) is 61.2 Å². The van der Waals surface area contributed by atoms with Gasteiger partial charge in [0.1, 0.15) is 0 Å². The van der Waals surface area contributed by atoms with Crippen molar-refractivity contribution < 1.29 is 31.1 Å². The van der Waals surface area contributed by atoms with Crippen molar-refractivity contribution in [2.45, 2.75) is 24.6 Å². The third-order valence-corrected chi connectivity index (χ3v) is 3.65. The number of hydrogen-bond acceptors (Lipinski definition) is 1. The molecule has 0 spiro atoms. The lowest BCUT2D eigenvalue weighted by Crippen LogP contribution is -2.55. The zero-order chi connectivity index (χ0) is 18.7. The van der Waals surface area contributed by atoms with E-state index in [2.05, 4.69) is 11.3 Å². The summed E-state index contributed by atoms with van der Waals surface area (Å²) in [5.41, 5.74) is -4.56. The first-order valence-corrected chi connectivity index (χ1v) is 7.16. The van der Waals surface area contributed by atoms with Crippen LogP contribution in [0.4, 0.5) is 26.3 Å². The monoisotopic (exact) mass is 360 g/mol. The fourth-order valence-corrected chi connectivity index (χ4v) is 2.35. The van der Waals surface area contributed by atoms with Crippen LogP contribution >= 0.6 is 0 Å². The third-order valence-electron chi connectivity index (χ3n) is 3.65. The van der Waals surface area contributed by atoms with E-state index in [1.165, 1.54) is 36.4 Å². The molecular formula is C18H14F6O. The lowest BCUT2D eigenvalue weighted by molar-refractivity contribution is -0.392. The van der Waals surface area contributed by atoms with Crippen molar-refractivity contribution in [2.75, 3.05) is 0 Å². The van der Waals surface area contributed by atoms with Gasteiger partial charge in [0.15, 0.2) is 0 Å². The Morgan fingerprint density at radius 2 is 1.32 bits per heavy atom. The van der Waals surface area contributed by atoms with Gasteiger partial charge in [-0.05, 0) is 11.1 Å². The number of alkyl halides is 6. The van der Waals surface area contributed by atoms with Crippen molar-refractivity contribution in [1.29, 1.82) is 0 Å². The average Bonchev–Trinajstić information content (AvgIpc) is 2.54. The first kappa shape index (κ1) is 19.1. The number of halogens is 6. The van der Waals surface area contributed by atoms with Crippen molar-refractivity contribution >= 4 is 6.08 Å². The highest BCUT2D eigenvalue weighted by atomic mass is 19.4. The Balaban J connectivity index is 2.45. The second-order valence-corrected chi connectivity index (χ2v) is 5.28. The summed E-state index contributed by atoms with van der Waals surface area (Å²) in [4.78, 5) is 0. The minimum absolute atomic E-state index is 0.180. The molecule has 25 heavy (non-hydrogen) atoms. The zero-order valence-electron chi connectivity index (χ0n) is 12.9. The highest BCUT2D eigenvalue weighted by molar-refractivity contribution is 5.47. The summed E-state index contributed by atoms with van der Waals surface area (Å²) >= 11 is 0. The molecule has 0 saturated heterocycles. The van der Waals surface area contributed by atoms with Gasteiger partial charge >= 0.3 is 12.4 Å². The Morgan fingerprint density at radius 1 is 0.800 bits per heavy atom. The van der Waals surface area contributed by atoms with E-state index in [1.807, 2.05) is 0 Å². The molecule has 7 heteroatoms. The summed E-state index contributed by atoms with van der Waals surface area (Å²) in [5, 5.41) is 0. The van der Waals surface area contributed by atoms with Crippen LogP contribution in [-0.2, 0) is 16.9 Å². The number of benzene rings is 2. The van der Waals surface area contributed by atoms with Crippen LogP contribution in [0.3, 0.4) is 0 Å². The van der Waals surface area contributed by atoms with Crippen molar-refractivity contribution in [2.24, 2.45) is 0 Å². The van der Waals surface area contributed by atoms with Gasteiger partial charge in [-0.3, -0.25) is 0 Å². The van der Waals surface area contributed by atoms with E-state index in [0.29, 0.717) is 5.56 Å². The van der Waals surface area contributed by atoms with E-state index in [0.717, 1.165) is 24.3 Å². The minimum Gasteiger partial charge on any atom is -0.349 e. The minimum atomic E-state index is -5.69. The van der Waals surface area contributed by atoms with Crippen molar-refractivity contribution in [1.82, 2.24) is 0 Å². The predicted molar refractivity (Wildman–Crippen MR) is 81.6 cm³/mol. The molecule has 0 fully saturated rings. The van der Waals surface area contributed by atoms with Gasteiger partial charge in [-0.1, -0.05) is 67.3 Å². The fourth-order valence-electron chi connectivity index (χ4n) is 2.35. The maximum Gasteiger partial charge on any atom is 0.430 e. The topological polar surface area (TPSA) is 9.23 Å². The van der Waals surface area contributed by atoms with Gasteiger partial charge in [-0.2, -0.15) is 26.3 Å². The van der Waals surface area contributed by atoms with E-state index in [4.69, 9.17) is 0 Å². The van der Waals surface area contributed by atoms with Crippen molar-refractivity contribution in [3.8, 4) is 0 Å². The SMILES string of the molecule is C=Cc1ccc(COC(c2ccccc2)(C(F)(F)F)C(F)(F)F)cc1. The quantitative estimate of drug-likeness (QED) is 0.606. The average molecular weight is 360 g/mol. The summed E-state index contributed by atoms with van der Waals surface area (Å²) in [6, 6.07) is 10.9. The second-order valence-electron chi connectivity index (χ2n) is 5.28. The molecule has 0 radical (unpaired) electrons. The molecule has 0 aromatic heterocycles. The third kappa shape index (κ3) is 3.71. The van der Waals surface area contributed by atoms with Gasteiger partial charge in [-0.25, -0.2) is 0 Å².